The van der Waals surface area contributed by atoms with E-state index in [1.54, 1.807) is 22.9 Å². The van der Waals surface area contributed by atoms with Crippen LogP contribution in [0.25, 0.3) is 33.3 Å². The minimum absolute atomic E-state index is 0.205. The standard InChI is InChI=1S/C18H14N4O4/c1-20(25)11-6-7-14-16(8-11)22(26)18(19-14)13-9-21(10-17(23)24)15-5-3-2-4-12(13)15/h2-9,26H,1,10H2,(H,23,24). The fraction of sp³-hybridized carbons (Fsp3) is 0.0556. The summed E-state index contributed by atoms with van der Waals surface area (Å²) < 4.78 is 2.94. The van der Waals surface area contributed by atoms with Gasteiger partial charge in [0.1, 0.15) is 18.8 Å². The van der Waals surface area contributed by atoms with Gasteiger partial charge in [-0.3, -0.25) is 4.79 Å². The summed E-state index contributed by atoms with van der Waals surface area (Å²) in [5, 5.41) is 31.9. The van der Waals surface area contributed by atoms with Gasteiger partial charge in [0.15, 0.2) is 5.82 Å². The quantitative estimate of drug-likeness (QED) is 0.193. The van der Waals surface area contributed by atoms with Gasteiger partial charge in [0.2, 0.25) is 5.69 Å². The zero-order valence-corrected chi connectivity index (χ0v) is 13.5. The van der Waals surface area contributed by atoms with Crippen LogP contribution >= 0.6 is 0 Å². The number of aromatic nitrogens is 3. The summed E-state index contributed by atoms with van der Waals surface area (Å²) in [5.74, 6) is -0.704. The maximum Gasteiger partial charge on any atom is 0.323 e. The molecule has 0 unspecified atom stereocenters. The van der Waals surface area contributed by atoms with Crippen molar-refractivity contribution in [2.75, 3.05) is 0 Å². The van der Waals surface area contributed by atoms with Gasteiger partial charge in [-0.25, -0.2) is 4.98 Å². The Kier molecular flexibility index (Phi) is 3.40. The van der Waals surface area contributed by atoms with Crippen molar-refractivity contribution in [1.82, 2.24) is 14.3 Å². The number of carbonyl (C=O) groups is 1. The third-order valence-corrected chi connectivity index (χ3v) is 4.24. The summed E-state index contributed by atoms with van der Waals surface area (Å²) in [4.78, 5) is 15.6. The predicted octanol–water partition coefficient (Wildman–Crippen LogP) is 2.82. The van der Waals surface area contributed by atoms with Crippen molar-refractivity contribution in [3.63, 3.8) is 0 Å². The first-order valence-corrected chi connectivity index (χ1v) is 7.75. The molecule has 4 aromatic rings. The first-order chi connectivity index (χ1) is 12.5. The maximum absolute atomic E-state index is 11.4. The summed E-state index contributed by atoms with van der Waals surface area (Å²) in [6, 6.07) is 12.0. The third kappa shape index (κ3) is 2.35. The number of hydrogen-bond acceptors (Lipinski definition) is 4. The average Bonchev–Trinajstić information content (AvgIpc) is 3.12. The fourth-order valence-electron chi connectivity index (χ4n) is 3.08. The molecule has 2 N–H and O–H groups in total. The molecule has 8 heteroatoms. The molecule has 0 bridgehead atoms. The van der Waals surface area contributed by atoms with Gasteiger partial charge in [0.05, 0.1) is 5.52 Å². The van der Waals surface area contributed by atoms with Gasteiger partial charge in [0.25, 0.3) is 0 Å². The minimum Gasteiger partial charge on any atom is -0.619 e. The van der Waals surface area contributed by atoms with Crippen molar-refractivity contribution in [2.45, 2.75) is 6.54 Å². The number of rotatable bonds is 4. The first kappa shape index (κ1) is 15.7. The summed E-state index contributed by atoms with van der Waals surface area (Å²) in [6.07, 6.45) is 1.65. The number of carboxylic acid groups (broad SMARTS) is 1. The SMILES string of the molecule is C=[N+]([O-])c1ccc2nc(-c3cn(CC(=O)O)c4ccccc34)n(O)c2c1. The Labute approximate surface area is 147 Å². The maximum atomic E-state index is 11.4. The molecule has 130 valence electrons. The van der Waals surface area contributed by atoms with E-state index < -0.39 is 5.97 Å². The second-order valence-electron chi connectivity index (χ2n) is 5.88. The minimum atomic E-state index is -0.967. The molecule has 2 aromatic heterocycles. The van der Waals surface area contributed by atoms with Gasteiger partial charge >= 0.3 is 5.97 Å². The van der Waals surface area contributed by atoms with E-state index in [1.165, 1.54) is 6.07 Å². The fourth-order valence-corrected chi connectivity index (χ4v) is 3.08. The Balaban J connectivity index is 1.97. The smallest absolute Gasteiger partial charge is 0.323 e. The molecule has 26 heavy (non-hydrogen) atoms. The Morgan fingerprint density at radius 3 is 2.73 bits per heavy atom. The third-order valence-electron chi connectivity index (χ3n) is 4.24. The Morgan fingerprint density at radius 2 is 2.00 bits per heavy atom. The second kappa shape index (κ2) is 5.62. The lowest BCUT2D eigenvalue weighted by Crippen LogP contribution is -2.07. The number of hydrogen-bond donors (Lipinski definition) is 2. The summed E-state index contributed by atoms with van der Waals surface area (Å²) in [7, 11) is 0. The molecule has 2 aromatic carbocycles. The first-order valence-electron chi connectivity index (χ1n) is 7.75. The molecule has 0 radical (unpaired) electrons. The predicted molar refractivity (Wildman–Crippen MR) is 95.9 cm³/mol. The van der Waals surface area contributed by atoms with Crippen molar-refractivity contribution in [3.8, 4) is 11.4 Å². The normalized spacial score (nSPS) is 11.2. The van der Waals surface area contributed by atoms with Gasteiger partial charge in [-0.1, -0.05) is 18.2 Å². The molecule has 0 saturated heterocycles. The van der Waals surface area contributed by atoms with Crippen molar-refractivity contribution in [3.05, 3.63) is 53.9 Å². The lowest BCUT2D eigenvalue weighted by Gasteiger charge is -2.01. The number of imidazole rings is 1. The zero-order valence-electron chi connectivity index (χ0n) is 13.5. The highest BCUT2D eigenvalue weighted by molar-refractivity contribution is 5.97. The van der Waals surface area contributed by atoms with Gasteiger partial charge in [-0.15, -0.1) is 0 Å². The van der Waals surface area contributed by atoms with Crippen LogP contribution in [0.4, 0.5) is 5.69 Å². The van der Waals surface area contributed by atoms with E-state index >= 15 is 0 Å². The molecular formula is C18H14N4O4. The highest BCUT2D eigenvalue weighted by Crippen LogP contribution is 2.32. The number of para-hydroxylation sites is 1. The zero-order chi connectivity index (χ0) is 18.4. The van der Waals surface area contributed by atoms with E-state index in [9.17, 15) is 15.2 Å². The molecule has 2 heterocycles. The van der Waals surface area contributed by atoms with Gasteiger partial charge in [-0.2, -0.15) is 9.47 Å². The highest BCUT2D eigenvalue weighted by Gasteiger charge is 2.19. The lowest BCUT2D eigenvalue weighted by molar-refractivity contribution is -0.349. The molecule has 0 amide bonds. The van der Waals surface area contributed by atoms with E-state index in [0.717, 1.165) is 15.6 Å². The second-order valence-corrected chi connectivity index (χ2v) is 5.88. The Morgan fingerprint density at radius 1 is 1.23 bits per heavy atom. The number of carboxylic acids is 1. The van der Waals surface area contributed by atoms with Crippen molar-refractivity contribution in [1.29, 1.82) is 0 Å². The van der Waals surface area contributed by atoms with Gasteiger partial charge < -0.3 is 20.1 Å². The molecule has 0 fully saturated rings. The van der Waals surface area contributed by atoms with E-state index in [1.807, 2.05) is 24.3 Å². The Hall–Kier alpha value is -3.81. The van der Waals surface area contributed by atoms with E-state index in [0.29, 0.717) is 21.3 Å². The van der Waals surface area contributed by atoms with Crippen LogP contribution in [-0.4, -0.2) is 42.0 Å². The van der Waals surface area contributed by atoms with Crippen LogP contribution in [0.1, 0.15) is 0 Å². The molecule has 4 rings (SSSR count). The van der Waals surface area contributed by atoms with Crippen molar-refractivity contribution >= 4 is 40.3 Å². The van der Waals surface area contributed by atoms with Crippen LogP contribution in [0.15, 0.2) is 48.7 Å². The average molecular weight is 350 g/mol. The highest BCUT2D eigenvalue weighted by atomic mass is 16.5. The summed E-state index contributed by atoms with van der Waals surface area (Å²) in [5.41, 5.74) is 2.46. The topological polar surface area (TPSA) is 106 Å². The summed E-state index contributed by atoms with van der Waals surface area (Å²) >= 11 is 0. The van der Waals surface area contributed by atoms with Gasteiger partial charge in [-0.05, 0) is 12.1 Å². The summed E-state index contributed by atoms with van der Waals surface area (Å²) in [6.45, 7) is 3.08. The molecule has 0 aliphatic heterocycles. The largest absolute Gasteiger partial charge is 0.619 e. The molecule has 0 spiro atoms. The molecule has 8 nitrogen and oxygen atoms in total. The molecule has 0 atom stereocenters. The van der Waals surface area contributed by atoms with Crippen LogP contribution < -0.4 is 0 Å². The van der Waals surface area contributed by atoms with E-state index in [-0.39, 0.29) is 18.1 Å². The monoisotopic (exact) mass is 350 g/mol. The van der Waals surface area contributed by atoms with Crippen LogP contribution in [0.5, 0.6) is 0 Å². The van der Waals surface area contributed by atoms with Crippen molar-refractivity contribution < 1.29 is 19.8 Å². The lowest BCUT2D eigenvalue weighted by atomic mass is 10.2. The van der Waals surface area contributed by atoms with Crippen LogP contribution in [0.2, 0.25) is 0 Å². The molecule has 0 aliphatic carbocycles. The number of nitrogens with zero attached hydrogens (tertiary/aromatic N) is 4. The van der Waals surface area contributed by atoms with Crippen LogP contribution in [-0.2, 0) is 11.3 Å². The number of benzene rings is 2. The van der Waals surface area contributed by atoms with Gasteiger partial charge in [0, 0.05) is 34.8 Å². The van der Waals surface area contributed by atoms with Crippen LogP contribution in [0.3, 0.4) is 0 Å². The van der Waals surface area contributed by atoms with Crippen molar-refractivity contribution in [2.24, 2.45) is 0 Å². The number of aliphatic carboxylic acids is 1. The van der Waals surface area contributed by atoms with Crippen LogP contribution in [0, 0.1) is 5.21 Å². The van der Waals surface area contributed by atoms with E-state index in [2.05, 4.69) is 11.7 Å². The van der Waals surface area contributed by atoms with E-state index in [4.69, 9.17) is 5.11 Å². The Bertz CT molecular complexity index is 1190. The molecule has 0 saturated carbocycles. The number of fused-ring (bicyclic) bond motifs is 2. The molecular weight excluding hydrogens is 336 g/mol. The molecule has 0 aliphatic rings.